The highest BCUT2D eigenvalue weighted by atomic mass is 35.5. The van der Waals surface area contributed by atoms with Crippen molar-refractivity contribution in [1.29, 1.82) is 0 Å². The number of aromatic amines is 1. The molecule has 42 heavy (non-hydrogen) atoms. The highest BCUT2D eigenvalue weighted by molar-refractivity contribution is 6.29. The zero-order chi connectivity index (χ0) is 29.8. The largest absolute Gasteiger partial charge is 0.455 e. The number of aromatic nitrogens is 5. The highest BCUT2D eigenvalue weighted by Gasteiger charge is 2.33. The van der Waals surface area contributed by atoms with Crippen LogP contribution in [0.1, 0.15) is 43.5 Å². The van der Waals surface area contributed by atoms with E-state index in [0.29, 0.717) is 52.4 Å². The molecule has 0 bridgehead atoms. The van der Waals surface area contributed by atoms with Crippen LogP contribution < -0.4 is 16.5 Å². The maximum Gasteiger partial charge on any atom is 0.439 e. The molecule has 5 heterocycles. The number of ether oxygens (including phenoxy) is 2. The average molecular weight is 593 g/mol. The van der Waals surface area contributed by atoms with Gasteiger partial charge in [0.2, 0.25) is 5.82 Å². The third kappa shape index (κ3) is 5.36. The van der Waals surface area contributed by atoms with E-state index in [2.05, 4.69) is 30.1 Å². The molecule has 1 aromatic carbocycles. The summed E-state index contributed by atoms with van der Waals surface area (Å²) in [6.45, 7) is 10.3. The Morgan fingerprint density at radius 3 is 2.76 bits per heavy atom. The van der Waals surface area contributed by atoms with Crippen molar-refractivity contribution in [2.45, 2.75) is 59.1 Å². The minimum Gasteiger partial charge on any atom is -0.455 e. The van der Waals surface area contributed by atoms with Gasteiger partial charge in [0, 0.05) is 17.3 Å². The minimum absolute atomic E-state index is 0.126. The third-order valence-corrected chi connectivity index (χ3v) is 7.32. The van der Waals surface area contributed by atoms with Crippen LogP contribution in [0.25, 0.3) is 33.8 Å². The topological polar surface area (TPSA) is 150 Å². The molecule has 6 rings (SSSR count). The lowest BCUT2D eigenvalue weighted by Gasteiger charge is -2.19. The Morgan fingerprint density at radius 2 is 2.05 bits per heavy atom. The molecule has 2 N–H and O–H groups in total. The number of hydrogen-bond donors (Lipinski definition) is 2. The second-order valence-corrected chi connectivity index (χ2v) is 11.2. The number of anilines is 1. The summed E-state index contributed by atoms with van der Waals surface area (Å²) in [5, 5.41) is 12.3. The van der Waals surface area contributed by atoms with E-state index >= 15 is 0 Å². The van der Waals surface area contributed by atoms with E-state index in [0.717, 1.165) is 11.1 Å². The van der Waals surface area contributed by atoms with E-state index in [1.165, 1.54) is 0 Å². The van der Waals surface area contributed by atoms with Crippen LogP contribution in [0.3, 0.4) is 0 Å². The molecule has 0 spiro atoms. The molecule has 1 fully saturated rings. The number of nitrogens with zero attached hydrogens (tertiary/aromatic N) is 4. The van der Waals surface area contributed by atoms with Crippen LogP contribution in [0.2, 0.25) is 5.15 Å². The summed E-state index contributed by atoms with van der Waals surface area (Å²) in [6, 6.07) is 6.78. The number of nitrogens with one attached hydrogen (secondary N) is 2. The lowest BCUT2D eigenvalue weighted by molar-refractivity contribution is -0.139. The van der Waals surface area contributed by atoms with Gasteiger partial charge in [0.1, 0.15) is 28.3 Å². The molecule has 4 aromatic heterocycles. The standard InChI is InChI=1S/C29H29ClN6O6/c1-14-8-19(16(3)32-21-6-7-22(30)33-23(21)27-34-28(38)42-35-27)26-20(9-14)24(37)15(2)25(40-26)17-10-31-36(11-17)12-18-13-39-29(4,5)41-18/h6-11,16,18,32H,12-13H2,1-5H3,(H,34,35,38)/t16-,18?/m1/s1. The van der Waals surface area contributed by atoms with Crippen molar-refractivity contribution < 1.29 is 18.4 Å². The third-order valence-electron chi connectivity index (χ3n) is 7.11. The average Bonchev–Trinajstić information content (AvgIpc) is 3.67. The molecule has 13 heteroatoms. The normalized spacial score (nSPS) is 17.1. The Bertz CT molecular complexity index is 1920. The van der Waals surface area contributed by atoms with Crippen LogP contribution >= 0.6 is 11.6 Å². The van der Waals surface area contributed by atoms with Gasteiger partial charge >= 0.3 is 5.76 Å². The van der Waals surface area contributed by atoms with Gasteiger partial charge in [-0.1, -0.05) is 22.8 Å². The first-order valence-corrected chi connectivity index (χ1v) is 13.8. The monoisotopic (exact) mass is 592 g/mol. The van der Waals surface area contributed by atoms with Crippen molar-refractivity contribution in [3.05, 3.63) is 79.3 Å². The molecule has 1 aliphatic heterocycles. The van der Waals surface area contributed by atoms with Gasteiger partial charge in [-0.05, 0) is 58.4 Å². The first-order valence-electron chi connectivity index (χ1n) is 13.4. The second kappa shape index (κ2) is 10.5. The Morgan fingerprint density at radius 1 is 1.24 bits per heavy atom. The molecule has 2 atom stereocenters. The quantitative estimate of drug-likeness (QED) is 0.247. The van der Waals surface area contributed by atoms with E-state index in [9.17, 15) is 9.59 Å². The van der Waals surface area contributed by atoms with Gasteiger partial charge in [0.05, 0.1) is 42.0 Å². The van der Waals surface area contributed by atoms with Gasteiger partial charge in [0.25, 0.3) is 0 Å². The van der Waals surface area contributed by atoms with E-state index in [1.54, 1.807) is 29.9 Å². The zero-order valence-electron chi connectivity index (χ0n) is 23.6. The van der Waals surface area contributed by atoms with Crippen molar-refractivity contribution in [2.24, 2.45) is 0 Å². The number of hydrogen-bond acceptors (Lipinski definition) is 10. The van der Waals surface area contributed by atoms with Gasteiger partial charge in [-0.15, -0.1) is 0 Å². The van der Waals surface area contributed by atoms with Crippen LogP contribution in [0.4, 0.5) is 5.69 Å². The molecule has 1 saturated heterocycles. The van der Waals surface area contributed by atoms with Crippen LogP contribution in [0.5, 0.6) is 0 Å². The number of benzene rings is 1. The molecule has 1 aliphatic rings. The van der Waals surface area contributed by atoms with Crippen LogP contribution in [0, 0.1) is 13.8 Å². The Balaban J connectivity index is 1.37. The lowest BCUT2D eigenvalue weighted by Crippen LogP contribution is -2.24. The lowest BCUT2D eigenvalue weighted by atomic mass is 9.99. The molecular formula is C29H29ClN6O6. The summed E-state index contributed by atoms with van der Waals surface area (Å²) in [6.07, 6.45) is 3.38. The van der Waals surface area contributed by atoms with E-state index < -0.39 is 11.5 Å². The number of H-pyrrole nitrogens is 1. The zero-order valence-corrected chi connectivity index (χ0v) is 24.4. The predicted octanol–water partition coefficient (Wildman–Crippen LogP) is 4.99. The summed E-state index contributed by atoms with van der Waals surface area (Å²) >= 11 is 6.14. The fraction of sp³-hybridized carbons (Fsp3) is 0.345. The van der Waals surface area contributed by atoms with Gasteiger partial charge in [-0.2, -0.15) is 5.10 Å². The van der Waals surface area contributed by atoms with Crippen molar-refractivity contribution in [3.8, 4) is 22.8 Å². The number of aryl methyl sites for hydroxylation is 1. The highest BCUT2D eigenvalue weighted by Crippen LogP contribution is 2.34. The van der Waals surface area contributed by atoms with Crippen molar-refractivity contribution in [3.63, 3.8) is 0 Å². The number of rotatable bonds is 7. The number of fused-ring (bicyclic) bond motifs is 1. The first kappa shape index (κ1) is 27.9. The smallest absolute Gasteiger partial charge is 0.439 e. The minimum atomic E-state index is -0.712. The summed E-state index contributed by atoms with van der Waals surface area (Å²) in [5.41, 5.74) is 3.99. The Kier molecular flexibility index (Phi) is 7.00. The molecule has 0 radical (unpaired) electrons. The maximum atomic E-state index is 13.6. The molecule has 5 aromatic rings. The van der Waals surface area contributed by atoms with Crippen LogP contribution in [0.15, 0.2) is 55.2 Å². The van der Waals surface area contributed by atoms with Gasteiger partial charge in [0.15, 0.2) is 11.2 Å². The van der Waals surface area contributed by atoms with E-state index in [4.69, 9.17) is 25.5 Å². The summed E-state index contributed by atoms with van der Waals surface area (Å²) in [4.78, 5) is 32.0. The van der Waals surface area contributed by atoms with Crippen LogP contribution in [-0.4, -0.2) is 43.4 Å². The molecule has 0 amide bonds. The molecular weight excluding hydrogens is 564 g/mol. The maximum absolute atomic E-state index is 13.6. The molecule has 1 unspecified atom stereocenters. The molecule has 218 valence electrons. The molecule has 0 saturated carbocycles. The number of halogens is 1. The van der Waals surface area contributed by atoms with E-state index in [1.807, 2.05) is 46.0 Å². The first-order chi connectivity index (χ1) is 20.0. The van der Waals surface area contributed by atoms with E-state index in [-0.39, 0.29) is 28.6 Å². The summed E-state index contributed by atoms with van der Waals surface area (Å²) in [5.74, 6) is -0.771. The Hall–Kier alpha value is -4.26. The van der Waals surface area contributed by atoms with Crippen molar-refractivity contribution >= 4 is 28.3 Å². The fourth-order valence-corrected chi connectivity index (χ4v) is 5.33. The van der Waals surface area contributed by atoms with Crippen molar-refractivity contribution in [1.82, 2.24) is 24.9 Å². The Labute approximate surface area is 244 Å². The predicted molar refractivity (Wildman–Crippen MR) is 155 cm³/mol. The fourth-order valence-electron chi connectivity index (χ4n) is 5.18. The van der Waals surface area contributed by atoms with Crippen molar-refractivity contribution in [2.75, 3.05) is 11.9 Å². The van der Waals surface area contributed by atoms with Crippen LogP contribution in [-0.2, 0) is 16.0 Å². The van der Waals surface area contributed by atoms with Gasteiger partial charge < -0.3 is 19.2 Å². The number of pyridine rings is 1. The van der Waals surface area contributed by atoms with Gasteiger partial charge in [-0.3, -0.25) is 19.0 Å². The second-order valence-electron chi connectivity index (χ2n) is 10.9. The van der Waals surface area contributed by atoms with Gasteiger partial charge in [-0.25, -0.2) is 9.78 Å². The summed E-state index contributed by atoms with van der Waals surface area (Å²) < 4.78 is 24.5. The molecule has 12 nitrogen and oxygen atoms in total. The summed E-state index contributed by atoms with van der Waals surface area (Å²) in [7, 11) is 0. The molecule has 0 aliphatic carbocycles. The SMILES string of the molecule is Cc1cc([C@@H](C)Nc2ccc(Cl)nc2-c2noc(=O)[nH]2)c2oc(-c3cnn(CC4COC(C)(C)O4)c3)c(C)c(=O)c2c1.